The summed E-state index contributed by atoms with van der Waals surface area (Å²) in [7, 11) is 1.68. The molecule has 0 fully saturated rings. The van der Waals surface area contributed by atoms with Gasteiger partial charge >= 0.3 is 6.01 Å². The van der Waals surface area contributed by atoms with Crippen molar-refractivity contribution in [2.24, 2.45) is 4.99 Å². The van der Waals surface area contributed by atoms with Crippen molar-refractivity contribution < 1.29 is 13.9 Å². The van der Waals surface area contributed by atoms with E-state index in [0.717, 1.165) is 27.6 Å². The highest BCUT2D eigenvalue weighted by molar-refractivity contribution is 6.19. The van der Waals surface area contributed by atoms with E-state index in [2.05, 4.69) is 25.4 Å². The first-order valence-corrected chi connectivity index (χ1v) is 11.9. The van der Waals surface area contributed by atoms with E-state index in [-0.39, 0.29) is 11.9 Å². The van der Waals surface area contributed by atoms with E-state index in [1.807, 2.05) is 85.1 Å². The van der Waals surface area contributed by atoms with Gasteiger partial charge in [-0.25, -0.2) is 4.99 Å². The number of aliphatic imine (C=N–C) groups is 1. The van der Waals surface area contributed by atoms with E-state index in [1.54, 1.807) is 7.11 Å². The van der Waals surface area contributed by atoms with Gasteiger partial charge in [-0.3, -0.25) is 4.79 Å². The molecular formula is C28H24N6O3. The summed E-state index contributed by atoms with van der Waals surface area (Å²) in [5, 5.41) is 15.5. The molecule has 0 spiro atoms. The van der Waals surface area contributed by atoms with Crippen LogP contribution in [0.1, 0.15) is 11.1 Å². The highest BCUT2D eigenvalue weighted by Crippen LogP contribution is 2.30. The third kappa shape index (κ3) is 4.36. The van der Waals surface area contributed by atoms with E-state index in [4.69, 9.17) is 14.1 Å². The molecule has 0 aliphatic carbocycles. The van der Waals surface area contributed by atoms with Gasteiger partial charge in [-0.15, -0.1) is 5.10 Å². The van der Waals surface area contributed by atoms with Gasteiger partial charge in [-0.2, -0.15) is 0 Å². The van der Waals surface area contributed by atoms with Gasteiger partial charge in [0.25, 0.3) is 11.8 Å². The number of benzene rings is 3. The zero-order valence-corrected chi connectivity index (χ0v) is 20.1. The van der Waals surface area contributed by atoms with Gasteiger partial charge in [0.05, 0.1) is 29.1 Å². The molecule has 9 heteroatoms. The number of benzodiazepines with no additional fused rings is 1. The second kappa shape index (κ2) is 9.71. The molecule has 0 bridgehead atoms. The lowest BCUT2D eigenvalue weighted by molar-refractivity contribution is -0.116. The van der Waals surface area contributed by atoms with Crippen LogP contribution in [0.15, 0.2) is 94.5 Å². The number of anilines is 2. The third-order valence-electron chi connectivity index (χ3n) is 6.23. The van der Waals surface area contributed by atoms with Crippen molar-refractivity contribution in [2.75, 3.05) is 24.4 Å². The van der Waals surface area contributed by atoms with Gasteiger partial charge in [0.2, 0.25) is 6.17 Å². The fourth-order valence-electron chi connectivity index (χ4n) is 4.50. The third-order valence-corrected chi connectivity index (χ3v) is 6.23. The van der Waals surface area contributed by atoms with Crippen LogP contribution in [0.4, 0.5) is 11.7 Å². The van der Waals surface area contributed by atoms with E-state index in [0.29, 0.717) is 30.4 Å². The molecule has 3 aromatic carbocycles. The van der Waals surface area contributed by atoms with Crippen LogP contribution in [0.2, 0.25) is 0 Å². The zero-order valence-electron chi connectivity index (χ0n) is 20.1. The summed E-state index contributed by atoms with van der Waals surface area (Å²) in [6, 6.07) is 25.4. The van der Waals surface area contributed by atoms with Crippen molar-refractivity contribution in [3.63, 3.8) is 0 Å². The molecule has 37 heavy (non-hydrogen) atoms. The summed E-state index contributed by atoms with van der Waals surface area (Å²) < 4.78 is 13.3. The van der Waals surface area contributed by atoms with Gasteiger partial charge in [-0.1, -0.05) is 65.8 Å². The molecule has 0 saturated heterocycles. The number of nitrogens with zero attached hydrogens (tertiary/aromatic N) is 4. The monoisotopic (exact) mass is 492 g/mol. The first-order chi connectivity index (χ1) is 18.2. The van der Waals surface area contributed by atoms with Gasteiger partial charge in [0.15, 0.2) is 0 Å². The summed E-state index contributed by atoms with van der Waals surface area (Å²) in [5.41, 5.74) is 4.88. The fourth-order valence-corrected chi connectivity index (χ4v) is 4.50. The Balaban J connectivity index is 1.34. The SMILES string of the molecule is COCCn1ccc2cccc(-c3nnc(NC4N=C(c5ccccc5)c5ccccc5NC4=O)o3)c21. The van der Waals surface area contributed by atoms with Crippen molar-refractivity contribution in [3.8, 4) is 11.5 Å². The predicted molar refractivity (Wildman–Crippen MR) is 142 cm³/mol. The lowest BCUT2D eigenvalue weighted by atomic mass is 10.0. The topological polar surface area (TPSA) is 107 Å². The number of amides is 1. The molecule has 184 valence electrons. The number of carbonyl (C=O) groups excluding carboxylic acids is 1. The molecule has 1 atom stereocenters. The maximum atomic E-state index is 13.1. The van der Waals surface area contributed by atoms with Crippen molar-refractivity contribution in [1.29, 1.82) is 0 Å². The van der Waals surface area contributed by atoms with Gasteiger partial charge in [-0.05, 0) is 18.2 Å². The van der Waals surface area contributed by atoms with Crippen molar-refractivity contribution in [1.82, 2.24) is 14.8 Å². The summed E-state index contributed by atoms with van der Waals surface area (Å²) in [6.07, 6.45) is 1.04. The number of carbonyl (C=O) groups is 1. The maximum absolute atomic E-state index is 13.1. The molecular weight excluding hydrogens is 468 g/mol. The predicted octanol–water partition coefficient (Wildman–Crippen LogP) is 4.57. The fraction of sp³-hybridized carbons (Fsp3) is 0.143. The smallest absolute Gasteiger partial charge is 0.317 e. The number of nitrogens with one attached hydrogen (secondary N) is 2. The van der Waals surface area contributed by atoms with Gasteiger partial charge in [0, 0.05) is 36.4 Å². The first-order valence-electron chi connectivity index (χ1n) is 11.9. The lowest BCUT2D eigenvalue weighted by Gasteiger charge is -2.11. The average molecular weight is 493 g/mol. The number of hydrogen-bond acceptors (Lipinski definition) is 7. The van der Waals surface area contributed by atoms with Gasteiger partial charge in [0.1, 0.15) is 0 Å². The first kappa shape index (κ1) is 22.7. The molecule has 1 unspecified atom stereocenters. The van der Waals surface area contributed by atoms with Crippen LogP contribution < -0.4 is 10.6 Å². The largest absolute Gasteiger partial charge is 0.403 e. The van der Waals surface area contributed by atoms with Crippen LogP contribution in [0.25, 0.3) is 22.4 Å². The molecule has 1 aliphatic heterocycles. The van der Waals surface area contributed by atoms with E-state index < -0.39 is 6.17 Å². The molecule has 5 aromatic rings. The van der Waals surface area contributed by atoms with Crippen LogP contribution in [-0.2, 0) is 16.1 Å². The minimum Gasteiger partial charge on any atom is -0.403 e. The standard InChI is InChI=1S/C28H24N6O3/c1-36-17-16-34-15-14-19-10-7-12-21(24(19)34)27-32-33-28(37-27)31-25-26(35)29-22-13-6-5-11-20(22)23(30-25)18-8-3-2-4-9-18/h2-15,25H,16-17H2,1H3,(H,29,35)(H,31,33). The Labute approximate surface area is 212 Å². The van der Waals surface area contributed by atoms with Crippen molar-refractivity contribution in [3.05, 3.63) is 96.2 Å². The Hall–Kier alpha value is -4.76. The van der Waals surface area contributed by atoms with E-state index in [1.165, 1.54) is 0 Å². The molecule has 6 rings (SSSR count). The number of fused-ring (bicyclic) bond motifs is 2. The van der Waals surface area contributed by atoms with E-state index in [9.17, 15) is 4.79 Å². The molecule has 9 nitrogen and oxygen atoms in total. The minimum absolute atomic E-state index is 0.101. The number of para-hydroxylation sites is 2. The summed E-state index contributed by atoms with van der Waals surface area (Å²) >= 11 is 0. The number of rotatable bonds is 7. The molecule has 2 aromatic heterocycles. The second-order valence-electron chi connectivity index (χ2n) is 8.58. The molecule has 1 aliphatic rings. The molecule has 0 radical (unpaired) electrons. The quantitative estimate of drug-likeness (QED) is 0.345. The highest BCUT2D eigenvalue weighted by Gasteiger charge is 2.27. The zero-order chi connectivity index (χ0) is 25.2. The van der Waals surface area contributed by atoms with Crippen LogP contribution >= 0.6 is 0 Å². The Kier molecular flexibility index (Phi) is 5.95. The minimum atomic E-state index is -0.975. The lowest BCUT2D eigenvalue weighted by Crippen LogP contribution is -2.32. The van der Waals surface area contributed by atoms with Crippen molar-refractivity contribution >= 4 is 34.2 Å². The highest BCUT2D eigenvalue weighted by atomic mass is 16.5. The molecule has 0 saturated carbocycles. The number of ether oxygens (including phenoxy) is 1. The van der Waals surface area contributed by atoms with Crippen LogP contribution in [0.3, 0.4) is 0 Å². The molecule has 1 amide bonds. The molecule has 2 N–H and O–H groups in total. The Bertz CT molecular complexity index is 1600. The number of aromatic nitrogens is 3. The maximum Gasteiger partial charge on any atom is 0.317 e. The molecule has 3 heterocycles. The Morgan fingerprint density at radius 1 is 0.973 bits per heavy atom. The summed E-state index contributed by atoms with van der Waals surface area (Å²) in [6.45, 7) is 1.27. The van der Waals surface area contributed by atoms with Crippen LogP contribution in [-0.4, -0.2) is 46.3 Å². The van der Waals surface area contributed by atoms with Crippen LogP contribution in [0.5, 0.6) is 0 Å². The Morgan fingerprint density at radius 3 is 2.65 bits per heavy atom. The van der Waals surface area contributed by atoms with Crippen LogP contribution in [0, 0.1) is 0 Å². The van der Waals surface area contributed by atoms with Crippen molar-refractivity contribution in [2.45, 2.75) is 12.7 Å². The normalized spacial score (nSPS) is 15.1. The summed E-state index contributed by atoms with van der Waals surface area (Å²) in [5.74, 6) is 0.0173. The second-order valence-corrected chi connectivity index (χ2v) is 8.58. The average Bonchev–Trinajstić information content (AvgIpc) is 3.54. The van der Waals surface area contributed by atoms with Gasteiger partial charge < -0.3 is 24.4 Å². The summed E-state index contributed by atoms with van der Waals surface area (Å²) in [4.78, 5) is 17.9. The van der Waals surface area contributed by atoms with E-state index >= 15 is 0 Å². The Morgan fingerprint density at radius 2 is 1.78 bits per heavy atom. The number of methoxy groups -OCH3 is 1. The number of hydrogen-bond donors (Lipinski definition) is 2.